The van der Waals surface area contributed by atoms with E-state index in [2.05, 4.69) is 31.4 Å². The molecule has 0 bridgehead atoms. The lowest BCUT2D eigenvalue weighted by atomic mass is 10.2. The molecule has 0 aliphatic heterocycles. The second-order valence-electron chi connectivity index (χ2n) is 4.37. The summed E-state index contributed by atoms with van der Waals surface area (Å²) in [5, 5.41) is 31.9. The van der Waals surface area contributed by atoms with Crippen LogP contribution < -0.4 is 5.32 Å². The van der Waals surface area contributed by atoms with Gasteiger partial charge in [0.05, 0.1) is 5.02 Å². The predicted octanol–water partition coefficient (Wildman–Crippen LogP) is 4.78. The van der Waals surface area contributed by atoms with Crippen LogP contribution in [0.5, 0.6) is 11.5 Å². The van der Waals surface area contributed by atoms with Crippen LogP contribution in [0, 0.1) is 0 Å². The van der Waals surface area contributed by atoms with Gasteiger partial charge in [0.25, 0.3) is 0 Å². The lowest BCUT2D eigenvalue weighted by Gasteiger charge is -2.03. The van der Waals surface area contributed by atoms with Gasteiger partial charge in [0, 0.05) is 15.7 Å². The second kappa shape index (κ2) is 6.12. The third-order valence-electron chi connectivity index (χ3n) is 2.82. The average Bonchev–Trinajstić information content (AvgIpc) is 2.94. The highest BCUT2D eigenvalue weighted by Crippen LogP contribution is 2.34. The average molecular weight is 399 g/mol. The van der Waals surface area contributed by atoms with Crippen molar-refractivity contribution in [3.05, 3.63) is 45.9 Å². The number of aromatic nitrogens is 2. The maximum absolute atomic E-state index is 9.53. The summed E-state index contributed by atoms with van der Waals surface area (Å²) in [6, 6.07) is 9.99. The number of anilines is 2. The molecule has 8 heteroatoms. The monoisotopic (exact) mass is 397 g/mol. The standard InChI is InChI=1S/C14H9BrClN3O2S/c15-9-3-2-8(6-10(9)16)17-14-19-18-13(22-14)7-1-4-11(20)12(21)5-7/h1-6,20-21H,(H,17,19). The van der Waals surface area contributed by atoms with E-state index in [1.807, 2.05) is 12.1 Å². The van der Waals surface area contributed by atoms with Gasteiger partial charge in [0.15, 0.2) is 11.5 Å². The van der Waals surface area contributed by atoms with E-state index in [0.29, 0.717) is 20.7 Å². The molecule has 3 aromatic rings. The molecule has 22 heavy (non-hydrogen) atoms. The Kier molecular flexibility index (Phi) is 4.19. The van der Waals surface area contributed by atoms with E-state index in [0.717, 1.165) is 10.2 Å². The fraction of sp³-hybridized carbons (Fsp3) is 0. The molecule has 3 N–H and O–H groups in total. The molecule has 0 unspecified atom stereocenters. The van der Waals surface area contributed by atoms with Crippen LogP contribution in [0.2, 0.25) is 5.02 Å². The molecule has 5 nitrogen and oxygen atoms in total. The maximum atomic E-state index is 9.53. The number of hydrogen-bond acceptors (Lipinski definition) is 6. The summed E-state index contributed by atoms with van der Waals surface area (Å²) in [6.45, 7) is 0. The minimum Gasteiger partial charge on any atom is -0.504 e. The van der Waals surface area contributed by atoms with Crippen molar-refractivity contribution >= 4 is 49.7 Å². The summed E-state index contributed by atoms with van der Waals surface area (Å²) in [6.07, 6.45) is 0. The Morgan fingerprint density at radius 2 is 1.86 bits per heavy atom. The number of nitrogens with one attached hydrogen (secondary N) is 1. The zero-order valence-corrected chi connectivity index (χ0v) is 14.1. The van der Waals surface area contributed by atoms with E-state index < -0.39 is 0 Å². The van der Waals surface area contributed by atoms with Gasteiger partial charge in [-0.15, -0.1) is 10.2 Å². The third-order valence-corrected chi connectivity index (χ3v) is 4.94. The maximum Gasteiger partial charge on any atom is 0.210 e. The van der Waals surface area contributed by atoms with Crippen molar-refractivity contribution in [1.29, 1.82) is 0 Å². The minimum atomic E-state index is -0.193. The van der Waals surface area contributed by atoms with Crippen molar-refractivity contribution in [1.82, 2.24) is 10.2 Å². The summed E-state index contributed by atoms with van der Waals surface area (Å²) in [5.74, 6) is -0.363. The van der Waals surface area contributed by atoms with Crippen LogP contribution in [0.1, 0.15) is 0 Å². The lowest BCUT2D eigenvalue weighted by molar-refractivity contribution is 0.404. The van der Waals surface area contributed by atoms with E-state index in [-0.39, 0.29) is 11.5 Å². The lowest BCUT2D eigenvalue weighted by Crippen LogP contribution is -1.89. The van der Waals surface area contributed by atoms with E-state index >= 15 is 0 Å². The topological polar surface area (TPSA) is 78.3 Å². The molecule has 1 heterocycles. The smallest absolute Gasteiger partial charge is 0.210 e. The number of halogens is 2. The number of nitrogens with zero attached hydrogens (tertiary/aromatic N) is 2. The zero-order chi connectivity index (χ0) is 15.7. The number of aromatic hydroxyl groups is 2. The van der Waals surface area contributed by atoms with E-state index in [1.165, 1.54) is 23.5 Å². The number of phenols is 2. The van der Waals surface area contributed by atoms with Crippen molar-refractivity contribution in [2.45, 2.75) is 0 Å². The Bertz CT molecular complexity index is 841. The van der Waals surface area contributed by atoms with Gasteiger partial charge in [-0.1, -0.05) is 22.9 Å². The van der Waals surface area contributed by atoms with Gasteiger partial charge >= 0.3 is 0 Å². The molecule has 0 saturated carbocycles. The Morgan fingerprint density at radius 1 is 1.05 bits per heavy atom. The van der Waals surface area contributed by atoms with Crippen LogP contribution in [0.25, 0.3) is 10.6 Å². The highest BCUT2D eigenvalue weighted by molar-refractivity contribution is 9.10. The van der Waals surface area contributed by atoms with E-state index in [9.17, 15) is 10.2 Å². The highest BCUT2D eigenvalue weighted by Gasteiger charge is 2.10. The van der Waals surface area contributed by atoms with Crippen LogP contribution in [0.4, 0.5) is 10.8 Å². The number of phenolic OH excluding ortho intramolecular Hbond substituents is 2. The molecule has 0 radical (unpaired) electrons. The molecule has 0 aliphatic carbocycles. The quantitative estimate of drug-likeness (QED) is 0.554. The molecule has 1 aromatic heterocycles. The molecule has 0 saturated heterocycles. The van der Waals surface area contributed by atoms with Gasteiger partial charge < -0.3 is 15.5 Å². The van der Waals surface area contributed by atoms with Gasteiger partial charge in [0.1, 0.15) is 5.01 Å². The normalized spacial score (nSPS) is 10.6. The van der Waals surface area contributed by atoms with Crippen LogP contribution in [0.15, 0.2) is 40.9 Å². The summed E-state index contributed by atoms with van der Waals surface area (Å²) in [7, 11) is 0. The van der Waals surface area contributed by atoms with Crippen molar-refractivity contribution in [2.24, 2.45) is 0 Å². The molecule has 0 fully saturated rings. The van der Waals surface area contributed by atoms with Crippen molar-refractivity contribution in [2.75, 3.05) is 5.32 Å². The van der Waals surface area contributed by atoms with Crippen molar-refractivity contribution in [3.8, 4) is 22.1 Å². The second-order valence-corrected chi connectivity index (χ2v) is 6.61. The predicted molar refractivity (Wildman–Crippen MR) is 91.1 cm³/mol. The van der Waals surface area contributed by atoms with Gasteiger partial charge in [0.2, 0.25) is 5.13 Å². The van der Waals surface area contributed by atoms with Crippen molar-refractivity contribution in [3.63, 3.8) is 0 Å². The fourth-order valence-electron chi connectivity index (χ4n) is 1.74. The molecule has 112 valence electrons. The Balaban J connectivity index is 1.84. The number of benzene rings is 2. The summed E-state index contributed by atoms with van der Waals surface area (Å²) in [4.78, 5) is 0. The fourth-order valence-corrected chi connectivity index (χ4v) is 2.93. The zero-order valence-electron chi connectivity index (χ0n) is 10.9. The Morgan fingerprint density at radius 3 is 2.59 bits per heavy atom. The first kappa shape index (κ1) is 15.1. The first-order chi connectivity index (χ1) is 10.5. The Labute approximate surface area is 143 Å². The van der Waals surface area contributed by atoms with Gasteiger partial charge in [-0.05, 0) is 52.3 Å². The largest absolute Gasteiger partial charge is 0.504 e. The van der Waals surface area contributed by atoms with Crippen LogP contribution >= 0.6 is 38.9 Å². The molecule has 0 atom stereocenters. The summed E-state index contributed by atoms with van der Waals surface area (Å²) in [5.41, 5.74) is 1.47. The number of hydrogen-bond donors (Lipinski definition) is 3. The molecular formula is C14H9BrClN3O2S. The van der Waals surface area contributed by atoms with E-state index in [1.54, 1.807) is 12.1 Å². The molecule has 0 amide bonds. The van der Waals surface area contributed by atoms with Crippen LogP contribution in [0.3, 0.4) is 0 Å². The first-order valence-corrected chi connectivity index (χ1v) is 8.09. The summed E-state index contributed by atoms with van der Waals surface area (Å²) < 4.78 is 0.817. The molecule has 3 rings (SSSR count). The van der Waals surface area contributed by atoms with Gasteiger partial charge in [-0.25, -0.2) is 0 Å². The SMILES string of the molecule is Oc1ccc(-c2nnc(Nc3ccc(Br)c(Cl)c3)s2)cc1O. The summed E-state index contributed by atoms with van der Waals surface area (Å²) >= 11 is 10.7. The minimum absolute atomic E-state index is 0.170. The molecule has 0 aliphatic rings. The third kappa shape index (κ3) is 3.16. The highest BCUT2D eigenvalue weighted by atomic mass is 79.9. The van der Waals surface area contributed by atoms with Crippen molar-refractivity contribution < 1.29 is 10.2 Å². The Hall–Kier alpha value is -1.83. The van der Waals surface area contributed by atoms with Gasteiger partial charge in [-0.2, -0.15) is 0 Å². The molecule has 2 aromatic carbocycles. The van der Waals surface area contributed by atoms with E-state index in [4.69, 9.17) is 11.6 Å². The number of rotatable bonds is 3. The van der Waals surface area contributed by atoms with Crippen LogP contribution in [-0.4, -0.2) is 20.4 Å². The molecular weight excluding hydrogens is 390 g/mol. The first-order valence-electron chi connectivity index (χ1n) is 6.11. The van der Waals surface area contributed by atoms with Gasteiger partial charge in [-0.3, -0.25) is 0 Å². The van der Waals surface area contributed by atoms with Crippen LogP contribution in [-0.2, 0) is 0 Å². The molecule has 0 spiro atoms.